The molecule has 21 heavy (non-hydrogen) atoms. The fourth-order valence-electron chi connectivity index (χ4n) is 2.16. The summed E-state index contributed by atoms with van der Waals surface area (Å²) in [5.74, 6) is -1.07. The number of carbonyl (C=O) groups is 1. The van der Waals surface area contributed by atoms with Gasteiger partial charge in [-0.3, -0.25) is 0 Å². The Balaban J connectivity index is 2.47. The topological polar surface area (TPSA) is 93.1 Å². The number of aromatic carboxylic acids is 1. The van der Waals surface area contributed by atoms with Gasteiger partial charge in [0.2, 0.25) is 10.0 Å². The first-order valence-electron chi connectivity index (χ1n) is 6.39. The molecular weight excluding hydrogens is 298 g/mol. The Morgan fingerprint density at radius 1 is 1.48 bits per heavy atom. The molecule has 1 heterocycles. The van der Waals surface area contributed by atoms with Gasteiger partial charge in [0.1, 0.15) is 10.6 Å². The molecule has 1 N–H and O–H groups in total. The number of ether oxygens (including phenoxy) is 2. The number of sulfonamides is 1. The zero-order chi connectivity index (χ0) is 15.6. The summed E-state index contributed by atoms with van der Waals surface area (Å²) < 4.78 is 37.0. The number of hydrogen-bond acceptors (Lipinski definition) is 5. The third kappa shape index (κ3) is 3.17. The molecule has 1 aliphatic rings. The van der Waals surface area contributed by atoms with Crippen molar-refractivity contribution in [1.29, 1.82) is 0 Å². The van der Waals surface area contributed by atoms with Crippen molar-refractivity contribution in [3.8, 4) is 5.75 Å². The van der Waals surface area contributed by atoms with Crippen LogP contribution in [-0.2, 0) is 14.8 Å². The summed E-state index contributed by atoms with van der Waals surface area (Å²) in [5, 5.41) is 9.02. The standard InChI is InChI=1S/C13H17NO6S/c1-9-8-14(5-6-20-9)21(17,18)12-7-10(13(15)16)3-4-11(12)19-2/h3-4,7,9H,5-6,8H2,1-2H3,(H,15,16)/t9-/m0/s1. The zero-order valence-electron chi connectivity index (χ0n) is 11.8. The minimum Gasteiger partial charge on any atom is -0.495 e. The van der Waals surface area contributed by atoms with E-state index in [0.717, 1.165) is 6.07 Å². The van der Waals surface area contributed by atoms with E-state index >= 15 is 0 Å². The summed E-state index contributed by atoms with van der Waals surface area (Å²) in [7, 11) is -2.48. The number of nitrogens with zero attached hydrogens (tertiary/aromatic N) is 1. The van der Waals surface area contributed by atoms with Gasteiger partial charge in [-0.05, 0) is 25.1 Å². The number of carboxylic acid groups (broad SMARTS) is 1. The quantitative estimate of drug-likeness (QED) is 0.883. The smallest absolute Gasteiger partial charge is 0.335 e. The van der Waals surface area contributed by atoms with Crippen LogP contribution < -0.4 is 4.74 Å². The minimum atomic E-state index is -3.83. The van der Waals surface area contributed by atoms with Gasteiger partial charge in [0.05, 0.1) is 25.4 Å². The molecule has 1 saturated heterocycles. The van der Waals surface area contributed by atoms with Crippen molar-refractivity contribution < 1.29 is 27.8 Å². The molecule has 0 aliphatic carbocycles. The van der Waals surface area contributed by atoms with Crippen LogP contribution in [0.2, 0.25) is 0 Å². The Kier molecular flexibility index (Phi) is 4.50. The largest absolute Gasteiger partial charge is 0.495 e. The first-order valence-corrected chi connectivity index (χ1v) is 7.83. The molecule has 8 heteroatoms. The van der Waals surface area contributed by atoms with E-state index in [2.05, 4.69) is 0 Å². The SMILES string of the molecule is COc1ccc(C(=O)O)cc1S(=O)(=O)N1CCO[C@@H](C)C1. The molecule has 0 bridgehead atoms. The molecule has 1 atom stereocenters. The average molecular weight is 315 g/mol. The molecule has 0 amide bonds. The van der Waals surface area contributed by atoms with Crippen LogP contribution in [0.25, 0.3) is 0 Å². The molecule has 7 nitrogen and oxygen atoms in total. The Bertz CT molecular complexity index is 642. The van der Waals surface area contributed by atoms with Gasteiger partial charge in [-0.1, -0.05) is 0 Å². The van der Waals surface area contributed by atoms with Gasteiger partial charge >= 0.3 is 5.97 Å². The fourth-order valence-corrected chi connectivity index (χ4v) is 3.84. The van der Waals surface area contributed by atoms with Gasteiger partial charge in [0, 0.05) is 13.1 Å². The van der Waals surface area contributed by atoms with Crippen LogP contribution in [0, 0.1) is 0 Å². The lowest BCUT2D eigenvalue weighted by molar-refractivity contribution is 0.0101. The van der Waals surface area contributed by atoms with Crippen molar-refractivity contribution in [2.75, 3.05) is 26.8 Å². The van der Waals surface area contributed by atoms with Crippen LogP contribution >= 0.6 is 0 Å². The average Bonchev–Trinajstić information content (AvgIpc) is 2.46. The van der Waals surface area contributed by atoms with Gasteiger partial charge in [0.25, 0.3) is 0 Å². The Labute approximate surface area is 123 Å². The molecule has 1 aromatic carbocycles. The van der Waals surface area contributed by atoms with Crippen molar-refractivity contribution in [3.05, 3.63) is 23.8 Å². The number of morpholine rings is 1. The van der Waals surface area contributed by atoms with Crippen LogP contribution in [0.5, 0.6) is 5.75 Å². The van der Waals surface area contributed by atoms with E-state index in [0.29, 0.717) is 6.61 Å². The lowest BCUT2D eigenvalue weighted by Crippen LogP contribution is -2.44. The van der Waals surface area contributed by atoms with E-state index < -0.39 is 16.0 Å². The van der Waals surface area contributed by atoms with E-state index in [1.165, 1.54) is 23.5 Å². The highest BCUT2D eigenvalue weighted by atomic mass is 32.2. The van der Waals surface area contributed by atoms with Crippen LogP contribution in [0.15, 0.2) is 23.1 Å². The maximum Gasteiger partial charge on any atom is 0.335 e. The van der Waals surface area contributed by atoms with Crippen molar-refractivity contribution in [3.63, 3.8) is 0 Å². The van der Waals surface area contributed by atoms with Gasteiger partial charge in [-0.2, -0.15) is 4.31 Å². The normalized spacial score (nSPS) is 20.2. The Morgan fingerprint density at radius 3 is 2.76 bits per heavy atom. The highest BCUT2D eigenvalue weighted by Gasteiger charge is 2.32. The van der Waals surface area contributed by atoms with Crippen LogP contribution in [0.4, 0.5) is 0 Å². The van der Waals surface area contributed by atoms with E-state index in [1.54, 1.807) is 6.92 Å². The van der Waals surface area contributed by atoms with Gasteiger partial charge in [0.15, 0.2) is 0 Å². The fraction of sp³-hybridized carbons (Fsp3) is 0.462. The second-order valence-corrected chi connectivity index (χ2v) is 6.62. The van der Waals surface area contributed by atoms with Gasteiger partial charge in [-0.15, -0.1) is 0 Å². The molecular formula is C13H17NO6S. The number of carboxylic acids is 1. The Hall–Kier alpha value is -1.64. The van der Waals surface area contributed by atoms with Crippen molar-refractivity contribution in [1.82, 2.24) is 4.31 Å². The molecule has 1 fully saturated rings. The number of hydrogen-bond donors (Lipinski definition) is 1. The van der Waals surface area contributed by atoms with E-state index in [4.69, 9.17) is 14.6 Å². The Morgan fingerprint density at radius 2 is 2.19 bits per heavy atom. The van der Waals surface area contributed by atoms with Crippen molar-refractivity contribution in [2.45, 2.75) is 17.9 Å². The summed E-state index contributed by atoms with van der Waals surface area (Å²) in [6.45, 7) is 2.55. The number of benzene rings is 1. The van der Waals surface area contributed by atoms with Gasteiger partial charge < -0.3 is 14.6 Å². The highest BCUT2D eigenvalue weighted by Crippen LogP contribution is 2.28. The monoisotopic (exact) mass is 315 g/mol. The van der Waals surface area contributed by atoms with E-state index in [1.807, 2.05) is 0 Å². The molecule has 0 saturated carbocycles. The third-order valence-corrected chi connectivity index (χ3v) is 5.12. The number of rotatable bonds is 4. The van der Waals surface area contributed by atoms with Crippen LogP contribution in [-0.4, -0.2) is 56.7 Å². The molecule has 1 aliphatic heterocycles. The van der Waals surface area contributed by atoms with Crippen molar-refractivity contribution >= 4 is 16.0 Å². The van der Waals surface area contributed by atoms with Crippen molar-refractivity contribution in [2.24, 2.45) is 0 Å². The van der Waals surface area contributed by atoms with E-state index in [-0.39, 0.29) is 35.4 Å². The summed E-state index contributed by atoms with van der Waals surface area (Å²) in [5.41, 5.74) is -0.101. The predicted octanol–water partition coefficient (Wildman–Crippen LogP) is 0.803. The highest BCUT2D eigenvalue weighted by molar-refractivity contribution is 7.89. The first-order chi connectivity index (χ1) is 9.86. The summed E-state index contributed by atoms with van der Waals surface area (Å²) in [6, 6.07) is 3.78. The summed E-state index contributed by atoms with van der Waals surface area (Å²) in [6.07, 6.45) is -0.206. The van der Waals surface area contributed by atoms with E-state index in [9.17, 15) is 13.2 Å². The van der Waals surface area contributed by atoms with Gasteiger partial charge in [-0.25, -0.2) is 13.2 Å². The molecule has 116 valence electrons. The lowest BCUT2D eigenvalue weighted by Gasteiger charge is -2.30. The molecule has 0 radical (unpaired) electrons. The zero-order valence-corrected chi connectivity index (χ0v) is 12.6. The molecule has 0 unspecified atom stereocenters. The molecule has 2 rings (SSSR count). The predicted molar refractivity (Wildman–Crippen MR) is 74.1 cm³/mol. The molecule has 0 spiro atoms. The maximum atomic E-state index is 12.7. The maximum absolute atomic E-state index is 12.7. The second kappa shape index (κ2) is 6.00. The van der Waals surface area contributed by atoms with Crippen LogP contribution in [0.1, 0.15) is 17.3 Å². The summed E-state index contributed by atoms with van der Waals surface area (Å²) >= 11 is 0. The minimum absolute atomic E-state index is 0.101. The second-order valence-electron chi connectivity index (χ2n) is 4.72. The lowest BCUT2D eigenvalue weighted by atomic mass is 10.2. The number of methoxy groups -OCH3 is 1. The van der Waals surface area contributed by atoms with Crippen LogP contribution in [0.3, 0.4) is 0 Å². The molecule has 0 aromatic heterocycles. The molecule has 1 aromatic rings. The third-order valence-electron chi connectivity index (χ3n) is 3.23. The summed E-state index contributed by atoms with van der Waals surface area (Å²) in [4.78, 5) is 10.9. The first kappa shape index (κ1) is 15.7.